The van der Waals surface area contributed by atoms with Gasteiger partial charge in [-0.3, -0.25) is 9.68 Å². The molecule has 1 heterocycles. The average Bonchev–Trinajstić information content (AvgIpc) is 2.85. The van der Waals surface area contributed by atoms with Gasteiger partial charge in [0.05, 0.1) is 18.7 Å². The zero-order chi connectivity index (χ0) is 25.3. The third-order valence-corrected chi connectivity index (χ3v) is 6.03. The molecule has 0 aromatic heterocycles. The average molecular weight is 474 g/mol. The lowest BCUT2D eigenvalue weighted by atomic mass is 9.89. The lowest BCUT2D eigenvalue weighted by Gasteiger charge is -2.19. The van der Waals surface area contributed by atoms with Crippen LogP contribution < -0.4 is 14.8 Å². The molecule has 0 amide bonds. The Kier molecular flexibility index (Phi) is 6.71. The highest BCUT2D eigenvalue weighted by atomic mass is 17.2. The molecule has 0 spiro atoms. The number of anilines is 1. The van der Waals surface area contributed by atoms with Crippen molar-refractivity contribution in [3.8, 4) is 22.5 Å². The minimum absolute atomic E-state index is 0.0167. The highest BCUT2D eigenvalue weighted by Crippen LogP contribution is 2.42. The molecule has 2 aromatic carbocycles. The normalized spacial score (nSPS) is 11.0. The molecule has 0 radical (unpaired) electrons. The van der Waals surface area contributed by atoms with Gasteiger partial charge < -0.3 is 9.32 Å². The molecule has 0 saturated carbocycles. The second-order valence-electron chi connectivity index (χ2n) is 8.70. The van der Waals surface area contributed by atoms with Crippen LogP contribution in [-0.4, -0.2) is 47.1 Å². The third-order valence-electron chi connectivity index (χ3n) is 6.03. The quantitative estimate of drug-likeness (QED) is 0.134. The molecule has 180 valence electrons. The van der Waals surface area contributed by atoms with Crippen LogP contribution in [0.3, 0.4) is 0 Å². The molecule has 4 rings (SSSR count). The van der Waals surface area contributed by atoms with E-state index in [4.69, 9.17) is 9.30 Å². The van der Waals surface area contributed by atoms with Gasteiger partial charge >= 0.3 is 5.97 Å². The summed E-state index contributed by atoms with van der Waals surface area (Å²) in [7, 11) is 9.14. The molecule has 0 unspecified atom stereocenters. The van der Waals surface area contributed by atoms with E-state index in [1.807, 2.05) is 81.0 Å². The lowest BCUT2D eigenvalue weighted by Crippen LogP contribution is -2.21. The zero-order valence-electron chi connectivity index (χ0n) is 20.8. The van der Waals surface area contributed by atoms with Crippen molar-refractivity contribution in [3.05, 3.63) is 71.1 Å². The van der Waals surface area contributed by atoms with Crippen molar-refractivity contribution in [1.82, 2.24) is 4.58 Å². The molecule has 2 aliphatic rings. The maximum absolute atomic E-state index is 12.9. The van der Waals surface area contributed by atoms with Crippen LogP contribution in [0.4, 0.5) is 5.69 Å². The predicted molar refractivity (Wildman–Crippen MR) is 137 cm³/mol. The largest absolute Gasteiger partial charge is 0.456 e. The second kappa shape index (κ2) is 9.72. The Balaban J connectivity index is 2.17. The Hall–Kier alpha value is -3.97. The summed E-state index contributed by atoms with van der Waals surface area (Å²) in [6.07, 6.45) is 0.352. The smallest absolute Gasteiger partial charge is 0.373 e. The minimum atomic E-state index is -0.644. The minimum Gasteiger partial charge on any atom is -0.456 e. The molecule has 0 saturated heterocycles. The number of carbonyl (C=O) groups is 2. The summed E-state index contributed by atoms with van der Waals surface area (Å²) in [4.78, 5) is 37.0. The Morgan fingerprint density at radius 2 is 1.74 bits per heavy atom. The van der Waals surface area contributed by atoms with Crippen LogP contribution in [0.5, 0.6) is 0 Å². The molecular weight excluding hydrogens is 444 g/mol. The molecule has 0 atom stereocenters. The molecule has 0 fully saturated rings. The maximum atomic E-state index is 12.9. The monoisotopic (exact) mass is 473 g/mol. The second-order valence-corrected chi connectivity index (χ2v) is 8.70. The molecule has 0 bridgehead atoms. The number of hydrogen-bond donors (Lipinski definition) is 0. The van der Waals surface area contributed by atoms with E-state index >= 15 is 0 Å². The fourth-order valence-electron chi connectivity index (χ4n) is 4.14. The fourth-order valence-corrected chi connectivity index (χ4v) is 4.14. The van der Waals surface area contributed by atoms with Gasteiger partial charge in [-0.05, 0) is 35.9 Å². The highest BCUT2D eigenvalue weighted by molar-refractivity contribution is 6.09. The first-order valence-electron chi connectivity index (χ1n) is 11.4. The summed E-state index contributed by atoms with van der Waals surface area (Å²) in [6, 6.07) is 16.9. The van der Waals surface area contributed by atoms with E-state index in [2.05, 4.69) is 4.89 Å². The molecular formula is C28H29N2O5+. The number of benzene rings is 3. The van der Waals surface area contributed by atoms with Crippen LogP contribution in [0.2, 0.25) is 0 Å². The molecule has 1 aliphatic carbocycles. The first-order valence-corrected chi connectivity index (χ1v) is 11.4. The Morgan fingerprint density at radius 1 is 0.971 bits per heavy atom. The fraction of sp³-hybridized carbons (Fsp3) is 0.250. The van der Waals surface area contributed by atoms with Gasteiger partial charge in [0.1, 0.15) is 25.4 Å². The van der Waals surface area contributed by atoms with E-state index in [1.54, 1.807) is 18.2 Å². The van der Waals surface area contributed by atoms with Crippen LogP contribution in [0, 0.1) is 0 Å². The highest BCUT2D eigenvalue weighted by Gasteiger charge is 2.24. The molecule has 0 N–H and O–H groups in total. The van der Waals surface area contributed by atoms with Crippen LogP contribution >= 0.6 is 0 Å². The molecule has 35 heavy (non-hydrogen) atoms. The van der Waals surface area contributed by atoms with Gasteiger partial charge in [-0.25, -0.2) is 9.37 Å². The van der Waals surface area contributed by atoms with Crippen molar-refractivity contribution < 1.29 is 23.8 Å². The van der Waals surface area contributed by atoms with Gasteiger partial charge in [-0.1, -0.05) is 13.0 Å². The van der Waals surface area contributed by atoms with E-state index < -0.39 is 5.97 Å². The molecule has 2 aromatic rings. The number of ketones is 1. The number of rotatable bonds is 6. The predicted octanol–water partition coefficient (Wildman–Crippen LogP) is 4.61. The number of Topliss-reactive ketones (excluding diaryl/α,β-unsaturated/α-hetero) is 1. The van der Waals surface area contributed by atoms with Crippen LogP contribution in [0.1, 0.15) is 34.1 Å². The Bertz CT molecular complexity index is 1480. The van der Waals surface area contributed by atoms with Crippen LogP contribution in [0.15, 0.2) is 59.0 Å². The van der Waals surface area contributed by atoms with E-state index in [-0.39, 0.29) is 5.78 Å². The summed E-state index contributed by atoms with van der Waals surface area (Å²) in [6.45, 7) is 1.81. The van der Waals surface area contributed by atoms with E-state index in [0.29, 0.717) is 34.5 Å². The van der Waals surface area contributed by atoms with E-state index in [9.17, 15) is 9.59 Å². The first kappa shape index (κ1) is 24.2. The molecule has 7 heteroatoms. The number of hydrogen-bond acceptors (Lipinski definition) is 6. The van der Waals surface area contributed by atoms with Gasteiger partial charge in [-0.2, -0.15) is 4.89 Å². The van der Waals surface area contributed by atoms with Gasteiger partial charge in [0, 0.05) is 60.4 Å². The number of nitrogens with zero attached hydrogens (tertiary/aromatic N) is 2. The van der Waals surface area contributed by atoms with E-state index in [1.165, 1.54) is 7.11 Å². The number of fused-ring (bicyclic) bond motifs is 2. The summed E-state index contributed by atoms with van der Waals surface area (Å²) < 4.78 is 8.37. The summed E-state index contributed by atoms with van der Waals surface area (Å²) in [5, 5.41) is 1.79. The van der Waals surface area contributed by atoms with Gasteiger partial charge in [-0.15, -0.1) is 0 Å². The summed E-state index contributed by atoms with van der Waals surface area (Å²) in [5.41, 5.74) is 4.62. The van der Waals surface area contributed by atoms with Gasteiger partial charge in [0.15, 0.2) is 5.78 Å². The zero-order valence-corrected chi connectivity index (χ0v) is 20.8. The Labute approximate surface area is 204 Å². The lowest BCUT2D eigenvalue weighted by molar-refractivity contribution is -0.216. The van der Waals surface area contributed by atoms with Gasteiger partial charge in [0.25, 0.3) is 0 Å². The van der Waals surface area contributed by atoms with Crippen LogP contribution in [0.25, 0.3) is 33.4 Å². The topological polar surface area (TPSA) is 72.0 Å². The molecule has 7 nitrogen and oxygen atoms in total. The summed E-state index contributed by atoms with van der Waals surface area (Å²) in [5.74, 6) is -0.000254. The van der Waals surface area contributed by atoms with Gasteiger partial charge in [0.2, 0.25) is 5.36 Å². The van der Waals surface area contributed by atoms with Crippen molar-refractivity contribution in [2.75, 3.05) is 40.2 Å². The van der Waals surface area contributed by atoms with Crippen molar-refractivity contribution in [2.24, 2.45) is 0 Å². The molecule has 1 aliphatic heterocycles. The first-order chi connectivity index (χ1) is 16.7. The third kappa shape index (κ3) is 4.55. The van der Waals surface area contributed by atoms with Crippen molar-refractivity contribution in [1.29, 1.82) is 0 Å². The maximum Gasteiger partial charge on any atom is 0.373 e. The van der Waals surface area contributed by atoms with Crippen molar-refractivity contribution in [2.45, 2.75) is 13.3 Å². The standard InChI is InChI=1S/C28H29N2O5/c1-7-24(31)17-8-11-20(28(32)35-33-6)23(14-17)27-21-12-9-18(29(2)3)15-25(21)34-26-16-19(30(4)5)10-13-22(26)27/h8-16H,7H2,1-6H3/q+1. The SMILES string of the molecule is CCC(=O)c1ccc(C(=O)OOC)c(-c2c3ccc(=[N+](C)C)cc-3oc3cc(N(C)C)ccc23)c1. The Morgan fingerprint density at radius 3 is 2.40 bits per heavy atom. The van der Waals surface area contributed by atoms with E-state index in [0.717, 1.165) is 27.6 Å². The summed E-state index contributed by atoms with van der Waals surface area (Å²) >= 11 is 0. The van der Waals surface area contributed by atoms with Crippen LogP contribution in [-0.2, 0) is 9.78 Å². The van der Waals surface area contributed by atoms with Crippen molar-refractivity contribution in [3.63, 3.8) is 0 Å². The van der Waals surface area contributed by atoms with Crippen molar-refractivity contribution >= 4 is 28.4 Å². The number of carbonyl (C=O) groups excluding carboxylic acids is 2.